The molecule has 28 heavy (non-hydrogen) atoms. The van der Waals surface area contributed by atoms with Crippen molar-refractivity contribution in [1.29, 1.82) is 0 Å². The maximum absolute atomic E-state index is 5.56. The molecule has 0 bridgehead atoms. The summed E-state index contributed by atoms with van der Waals surface area (Å²) in [5, 5.41) is 4.55. The van der Waals surface area contributed by atoms with Crippen LogP contribution in [0.2, 0.25) is 0 Å². The van der Waals surface area contributed by atoms with Crippen LogP contribution in [0.15, 0.2) is 65.0 Å². The molecule has 2 aromatic carbocycles. The van der Waals surface area contributed by atoms with Gasteiger partial charge in [-0.2, -0.15) is 0 Å². The molecule has 0 saturated carbocycles. The second-order valence-electron chi connectivity index (χ2n) is 7.01. The summed E-state index contributed by atoms with van der Waals surface area (Å²) in [5.41, 5.74) is 4.74. The Morgan fingerprint density at radius 1 is 0.964 bits per heavy atom. The van der Waals surface area contributed by atoms with E-state index in [-0.39, 0.29) is 17.0 Å². The van der Waals surface area contributed by atoms with Gasteiger partial charge in [-0.05, 0) is 23.6 Å². The molecular weight excluding hydrogens is 434 g/mol. The molecule has 1 aliphatic heterocycles. The lowest BCUT2D eigenvalue weighted by Gasteiger charge is -2.31. The molecule has 1 fully saturated rings. The molecule has 4 nitrogen and oxygen atoms in total. The lowest BCUT2D eigenvalue weighted by Crippen LogP contribution is -2.48. The first-order valence-corrected chi connectivity index (χ1v) is 10.3. The molecule has 0 radical (unpaired) electrons. The zero-order valence-electron chi connectivity index (χ0n) is 16.2. The van der Waals surface area contributed by atoms with Gasteiger partial charge in [-0.1, -0.05) is 56.3 Å². The van der Waals surface area contributed by atoms with E-state index in [0.29, 0.717) is 5.92 Å². The van der Waals surface area contributed by atoms with E-state index in [2.05, 4.69) is 53.2 Å². The lowest BCUT2D eigenvalue weighted by atomic mass is 10.0. The molecule has 0 N–H and O–H groups in total. The number of halogens is 1. The number of aromatic nitrogens is 1. The SMILES string of the molecule is Br.CC(C)c1ccc(-c2csc(=Nc3ccccc3)n2N2CCOCC2)cc1. The van der Waals surface area contributed by atoms with Crippen LogP contribution in [0.3, 0.4) is 0 Å². The van der Waals surface area contributed by atoms with E-state index in [9.17, 15) is 0 Å². The quantitative estimate of drug-likeness (QED) is 0.541. The third-order valence-electron chi connectivity index (χ3n) is 4.81. The summed E-state index contributed by atoms with van der Waals surface area (Å²) in [6, 6.07) is 19.1. The fourth-order valence-electron chi connectivity index (χ4n) is 3.25. The van der Waals surface area contributed by atoms with E-state index in [0.717, 1.165) is 36.8 Å². The fraction of sp³-hybridized carbons (Fsp3) is 0.318. The highest BCUT2D eigenvalue weighted by molar-refractivity contribution is 8.93. The zero-order valence-corrected chi connectivity index (χ0v) is 18.8. The van der Waals surface area contributed by atoms with Crippen molar-refractivity contribution in [3.63, 3.8) is 0 Å². The number of para-hydroxylation sites is 1. The molecular formula is C22H26BrN3OS. The monoisotopic (exact) mass is 459 g/mol. The average molecular weight is 460 g/mol. The first-order chi connectivity index (χ1) is 13.2. The second kappa shape index (κ2) is 9.54. The minimum Gasteiger partial charge on any atom is -0.378 e. The Kier molecular flexibility index (Phi) is 7.10. The standard InChI is InChI=1S/C22H25N3OS.BrH/c1-17(2)18-8-10-19(11-9-18)21-16-27-22(23-20-6-4-3-5-7-20)25(21)24-12-14-26-15-13-24;/h3-11,16-17H,12-15H2,1-2H3;1H. The molecule has 1 aliphatic rings. The van der Waals surface area contributed by atoms with E-state index < -0.39 is 0 Å². The van der Waals surface area contributed by atoms with Gasteiger partial charge in [0, 0.05) is 10.9 Å². The summed E-state index contributed by atoms with van der Waals surface area (Å²) in [4.78, 5) is 5.90. The Morgan fingerprint density at radius 3 is 2.29 bits per heavy atom. The van der Waals surface area contributed by atoms with Crippen LogP contribution in [0.1, 0.15) is 25.3 Å². The van der Waals surface area contributed by atoms with Crippen LogP contribution in [0.5, 0.6) is 0 Å². The van der Waals surface area contributed by atoms with E-state index >= 15 is 0 Å². The molecule has 0 amide bonds. The minimum atomic E-state index is 0. The molecule has 0 atom stereocenters. The van der Waals surface area contributed by atoms with Crippen molar-refractivity contribution in [1.82, 2.24) is 4.68 Å². The van der Waals surface area contributed by atoms with Gasteiger partial charge in [-0.15, -0.1) is 28.3 Å². The average Bonchev–Trinajstić information content (AvgIpc) is 3.13. The van der Waals surface area contributed by atoms with Gasteiger partial charge in [-0.25, -0.2) is 9.67 Å². The molecule has 1 saturated heterocycles. The highest BCUT2D eigenvalue weighted by Crippen LogP contribution is 2.24. The van der Waals surface area contributed by atoms with Crippen molar-refractivity contribution < 1.29 is 4.74 Å². The molecule has 0 aliphatic carbocycles. The number of morpholine rings is 1. The number of hydrogen-bond donors (Lipinski definition) is 0. The van der Waals surface area contributed by atoms with E-state index in [1.54, 1.807) is 11.3 Å². The molecule has 0 unspecified atom stereocenters. The third-order valence-corrected chi connectivity index (χ3v) is 5.63. The Labute approximate surface area is 180 Å². The van der Waals surface area contributed by atoms with Crippen LogP contribution in [-0.4, -0.2) is 31.0 Å². The smallest absolute Gasteiger partial charge is 0.209 e. The second-order valence-corrected chi connectivity index (χ2v) is 7.84. The van der Waals surface area contributed by atoms with Crippen molar-refractivity contribution in [3.8, 4) is 11.3 Å². The van der Waals surface area contributed by atoms with E-state index in [1.807, 2.05) is 30.3 Å². The summed E-state index contributed by atoms with van der Waals surface area (Å²) >= 11 is 1.68. The molecule has 3 aromatic rings. The van der Waals surface area contributed by atoms with Crippen LogP contribution >= 0.6 is 28.3 Å². The summed E-state index contributed by atoms with van der Waals surface area (Å²) in [6.07, 6.45) is 0. The molecule has 148 valence electrons. The van der Waals surface area contributed by atoms with Gasteiger partial charge < -0.3 is 9.75 Å². The van der Waals surface area contributed by atoms with Crippen LogP contribution in [0.25, 0.3) is 11.3 Å². The van der Waals surface area contributed by atoms with Gasteiger partial charge in [0.05, 0.1) is 37.7 Å². The van der Waals surface area contributed by atoms with Gasteiger partial charge in [0.25, 0.3) is 0 Å². The summed E-state index contributed by atoms with van der Waals surface area (Å²) in [7, 11) is 0. The van der Waals surface area contributed by atoms with Gasteiger partial charge in [0.2, 0.25) is 4.80 Å². The largest absolute Gasteiger partial charge is 0.378 e. The Bertz CT molecular complexity index is 942. The van der Waals surface area contributed by atoms with Crippen molar-refractivity contribution >= 4 is 34.0 Å². The Balaban J connectivity index is 0.00000225. The number of thiazole rings is 1. The topological polar surface area (TPSA) is 29.8 Å². The molecule has 4 rings (SSSR count). The summed E-state index contributed by atoms with van der Waals surface area (Å²) in [6.45, 7) is 7.69. The highest BCUT2D eigenvalue weighted by Gasteiger charge is 2.17. The molecule has 6 heteroatoms. The van der Waals surface area contributed by atoms with E-state index in [1.165, 1.54) is 16.8 Å². The highest BCUT2D eigenvalue weighted by atomic mass is 79.9. The lowest BCUT2D eigenvalue weighted by molar-refractivity contribution is 0.111. The number of benzene rings is 2. The Hall–Kier alpha value is -1.89. The predicted octanol–water partition coefficient (Wildman–Crippen LogP) is 5.12. The molecule has 2 heterocycles. The fourth-order valence-corrected chi connectivity index (χ4v) is 4.18. The number of rotatable bonds is 4. The van der Waals surface area contributed by atoms with Gasteiger partial charge in [0.1, 0.15) is 0 Å². The number of ether oxygens (including phenoxy) is 1. The normalized spacial score (nSPS) is 15.0. The number of hydrogen-bond acceptors (Lipinski definition) is 4. The number of nitrogens with zero attached hydrogens (tertiary/aromatic N) is 3. The van der Waals surface area contributed by atoms with Gasteiger partial charge >= 0.3 is 0 Å². The van der Waals surface area contributed by atoms with Crippen LogP contribution in [-0.2, 0) is 4.74 Å². The molecule has 0 spiro atoms. The maximum Gasteiger partial charge on any atom is 0.209 e. The minimum absolute atomic E-state index is 0. The van der Waals surface area contributed by atoms with Gasteiger partial charge in [-0.3, -0.25) is 0 Å². The third kappa shape index (κ3) is 4.57. The summed E-state index contributed by atoms with van der Waals surface area (Å²) < 4.78 is 7.83. The first kappa shape index (κ1) is 20.8. The predicted molar refractivity (Wildman–Crippen MR) is 123 cm³/mol. The van der Waals surface area contributed by atoms with E-state index in [4.69, 9.17) is 9.73 Å². The summed E-state index contributed by atoms with van der Waals surface area (Å²) in [5.74, 6) is 0.538. The zero-order chi connectivity index (χ0) is 18.6. The van der Waals surface area contributed by atoms with Gasteiger partial charge in [0.15, 0.2) is 0 Å². The first-order valence-electron chi connectivity index (χ1n) is 9.46. The van der Waals surface area contributed by atoms with Crippen molar-refractivity contribution in [2.75, 3.05) is 31.3 Å². The maximum atomic E-state index is 5.56. The Morgan fingerprint density at radius 2 is 1.64 bits per heavy atom. The van der Waals surface area contributed by atoms with Crippen molar-refractivity contribution in [2.45, 2.75) is 19.8 Å². The van der Waals surface area contributed by atoms with Crippen LogP contribution in [0.4, 0.5) is 5.69 Å². The van der Waals surface area contributed by atoms with Crippen molar-refractivity contribution in [2.24, 2.45) is 4.99 Å². The van der Waals surface area contributed by atoms with Crippen LogP contribution in [0, 0.1) is 0 Å². The van der Waals surface area contributed by atoms with Crippen LogP contribution < -0.4 is 9.81 Å². The van der Waals surface area contributed by atoms with Crippen molar-refractivity contribution in [3.05, 3.63) is 70.3 Å². The molecule has 1 aromatic heterocycles.